The van der Waals surface area contributed by atoms with Crippen LogP contribution in [-0.4, -0.2) is 22.7 Å². The molecular formula is C18H22N2O2S. The van der Waals surface area contributed by atoms with E-state index in [0.29, 0.717) is 12.5 Å². The van der Waals surface area contributed by atoms with Gasteiger partial charge in [0.1, 0.15) is 5.76 Å². The molecule has 0 bridgehead atoms. The molecule has 0 radical (unpaired) electrons. The molecule has 5 heteroatoms. The Morgan fingerprint density at radius 3 is 2.83 bits per heavy atom. The molecule has 0 saturated carbocycles. The highest BCUT2D eigenvalue weighted by atomic mass is 32.1. The van der Waals surface area contributed by atoms with Gasteiger partial charge in [-0.05, 0) is 50.1 Å². The monoisotopic (exact) mass is 330 g/mol. The van der Waals surface area contributed by atoms with E-state index in [9.17, 15) is 5.11 Å². The minimum absolute atomic E-state index is 0.249. The zero-order valence-corrected chi connectivity index (χ0v) is 14.3. The number of nitrogens with zero attached hydrogens (tertiary/aromatic N) is 1. The smallest absolute Gasteiger partial charge is 0.163 e. The van der Waals surface area contributed by atoms with E-state index in [4.69, 9.17) is 4.42 Å². The third kappa shape index (κ3) is 4.19. The highest BCUT2D eigenvalue weighted by molar-refractivity contribution is 7.21. The molecule has 2 N–H and O–H groups in total. The second kappa shape index (κ2) is 7.25. The molecule has 2 unspecified atom stereocenters. The van der Waals surface area contributed by atoms with Gasteiger partial charge >= 0.3 is 0 Å². The van der Waals surface area contributed by atoms with Gasteiger partial charge in [0.05, 0.1) is 22.9 Å². The van der Waals surface area contributed by atoms with Crippen molar-refractivity contribution in [1.82, 2.24) is 10.3 Å². The summed E-state index contributed by atoms with van der Waals surface area (Å²) >= 11 is 1.65. The summed E-state index contributed by atoms with van der Waals surface area (Å²) in [7, 11) is 0. The first-order valence-corrected chi connectivity index (χ1v) is 8.77. The SMILES string of the molecule is CC(O)CC(C)CNCc1ccc(-c2nc3ccccc3s2)o1. The normalized spacial score (nSPS) is 14.2. The first-order valence-electron chi connectivity index (χ1n) is 7.95. The molecular weight excluding hydrogens is 308 g/mol. The number of hydrogen-bond acceptors (Lipinski definition) is 5. The van der Waals surface area contributed by atoms with E-state index in [-0.39, 0.29) is 6.10 Å². The third-order valence-corrected chi connectivity index (χ3v) is 4.75. The third-order valence-electron chi connectivity index (χ3n) is 3.70. The second-order valence-corrected chi connectivity index (χ2v) is 7.10. The number of aromatic nitrogens is 1. The van der Waals surface area contributed by atoms with Crippen molar-refractivity contribution in [3.63, 3.8) is 0 Å². The van der Waals surface area contributed by atoms with Gasteiger partial charge < -0.3 is 14.8 Å². The Morgan fingerprint density at radius 2 is 2.04 bits per heavy atom. The minimum atomic E-state index is -0.249. The highest BCUT2D eigenvalue weighted by Crippen LogP contribution is 2.31. The zero-order chi connectivity index (χ0) is 16.2. The lowest BCUT2D eigenvalue weighted by atomic mass is 10.1. The number of thiazole rings is 1. The van der Waals surface area contributed by atoms with Crippen LogP contribution in [0.1, 0.15) is 26.0 Å². The molecule has 0 spiro atoms. The Kier molecular flexibility index (Phi) is 5.10. The number of hydrogen-bond donors (Lipinski definition) is 2. The number of aliphatic hydroxyl groups is 1. The number of nitrogens with one attached hydrogen (secondary N) is 1. The predicted octanol–water partition coefficient (Wildman–Crippen LogP) is 4.05. The standard InChI is InChI=1S/C18H22N2O2S/c1-12(9-13(2)21)10-19-11-14-7-8-16(22-14)18-20-15-5-3-4-6-17(15)23-18/h3-8,12-13,19,21H,9-11H2,1-2H3. The predicted molar refractivity (Wildman–Crippen MR) is 94.5 cm³/mol. The number of fused-ring (bicyclic) bond motifs is 1. The molecule has 3 aromatic rings. The van der Waals surface area contributed by atoms with Gasteiger partial charge in [0, 0.05) is 0 Å². The Balaban J connectivity index is 1.59. The lowest BCUT2D eigenvalue weighted by Gasteiger charge is -2.13. The van der Waals surface area contributed by atoms with Crippen LogP contribution in [0.5, 0.6) is 0 Å². The van der Waals surface area contributed by atoms with Crippen LogP contribution >= 0.6 is 11.3 Å². The van der Waals surface area contributed by atoms with E-state index in [0.717, 1.165) is 35.0 Å². The van der Waals surface area contributed by atoms with E-state index in [1.54, 1.807) is 11.3 Å². The van der Waals surface area contributed by atoms with Crippen molar-refractivity contribution in [3.8, 4) is 10.8 Å². The molecule has 3 rings (SSSR count). The van der Waals surface area contributed by atoms with Crippen molar-refractivity contribution >= 4 is 21.6 Å². The molecule has 2 heterocycles. The van der Waals surface area contributed by atoms with Crippen molar-refractivity contribution < 1.29 is 9.52 Å². The van der Waals surface area contributed by atoms with Crippen LogP contribution in [0.25, 0.3) is 21.0 Å². The maximum Gasteiger partial charge on any atom is 0.163 e. The van der Waals surface area contributed by atoms with E-state index in [2.05, 4.69) is 23.3 Å². The molecule has 1 aromatic carbocycles. The number of benzene rings is 1. The van der Waals surface area contributed by atoms with Crippen molar-refractivity contribution in [1.29, 1.82) is 0 Å². The van der Waals surface area contributed by atoms with E-state index in [1.807, 2.05) is 37.3 Å². The van der Waals surface area contributed by atoms with Crippen molar-refractivity contribution in [3.05, 3.63) is 42.2 Å². The fourth-order valence-electron chi connectivity index (χ4n) is 2.67. The minimum Gasteiger partial charge on any atom is -0.457 e. The van der Waals surface area contributed by atoms with Gasteiger partial charge in [-0.1, -0.05) is 19.1 Å². The zero-order valence-electron chi connectivity index (χ0n) is 13.5. The van der Waals surface area contributed by atoms with Gasteiger partial charge in [0.15, 0.2) is 10.8 Å². The van der Waals surface area contributed by atoms with Gasteiger partial charge in [-0.15, -0.1) is 11.3 Å². The first-order chi connectivity index (χ1) is 11.1. The van der Waals surface area contributed by atoms with Crippen molar-refractivity contribution in [2.75, 3.05) is 6.54 Å². The Labute approximate surface area is 140 Å². The number of aliphatic hydroxyl groups excluding tert-OH is 1. The molecule has 0 aliphatic carbocycles. The van der Waals surface area contributed by atoms with Crippen LogP contribution in [-0.2, 0) is 6.54 Å². The van der Waals surface area contributed by atoms with Crippen molar-refractivity contribution in [2.24, 2.45) is 5.92 Å². The summed E-state index contributed by atoms with van der Waals surface area (Å²) in [5, 5.41) is 13.7. The molecule has 2 aromatic heterocycles. The number of furan rings is 1. The summed E-state index contributed by atoms with van der Waals surface area (Å²) < 4.78 is 7.07. The Bertz CT molecular complexity index is 730. The van der Waals surface area contributed by atoms with Gasteiger partial charge in [0.25, 0.3) is 0 Å². The summed E-state index contributed by atoms with van der Waals surface area (Å²) in [6.07, 6.45) is 0.559. The Hall–Kier alpha value is -1.69. The number of rotatable bonds is 7. The molecule has 0 aliphatic heterocycles. The molecule has 23 heavy (non-hydrogen) atoms. The molecule has 0 aliphatic rings. The average molecular weight is 330 g/mol. The van der Waals surface area contributed by atoms with Crippen LogP contribution in [0, 0.1) is 5.92 Å². The van der Waals surface area contributed by atoms with Crippen LogP contribution in [0.15, 0.2) is 40.8 Å². The van der Waals surface area contributed by atoms with Crippen LogP contribution in [0.2, 0.25) is 0 Å². The second-order valence-electron chi connectivity index (χ2n) is 6.07. The summed E-state index contributed by atoms with van der Waals surface area (Å²) in [6.45, 7) is 5.51. The summed E-state index contributed by atoms with van der Waals surface area (Å²) in [4.78, 5) is 4.61. The number of para-hydroxylation sites is 1. The van der Waals surface area contributed by atoms with E-state index >= 15 is 0 Å². The average Bonchev–Trinajstić information content (AvgIpc) is 3.12. The summed E-state index contributed by atoms with van der Waals surface area (Å²) in [5.74, 6) is 2.16. The van der Waals surface area contributed by atoms with Crippen LogP contribution < -0.4 is 5.32 Å². The summed E-state index contributed by atoms with van der Waals surface area (Å²) in [6, 6.07) is 12.1. The largest absolute Gasteiger partial charge is 0.457 e. The summed E-state index contributed by atoms with van der Waals surface area (Å²) in [5.41, 5.74) is 1.01. The van der Waals surface area contributed by atoms with Gasteiger partial charge in [-0.2, -0.15) is 0 Å². The molecule has 2 atom stereocenters. The maximum atomic E-state index is 9.38. The fourth-order valence-corrected chi connectivity index (χ4v) is 3.60. The Morgan fingerprint density at radius 1 is 1.22 bits per heavy atom. The van der Waals surface area contributed by atoms with Crippen LogP contribution in [0.3, 0.4) is 0 Å². The highest BCUT2D eigenvalue weighted by Gasteiger charge is 2.11. The van der Waals surface area contributed by atoms with Crippen LogP contribution in [0.4, 0.5) is 0 Å². The molecule has 0 saturated heterocycles. The van der Waals surface area contributed by atoms with Crippen molar-refractivity contribution in [2.45, 2.75) is 32.9 Å². The maximum absolute atomic E-state index is 9.38. The topological polar surface area (TPSA) is 58.3 Å². The molecule has 122 valence electrons. The van der Waals surface area contributed by atoms with Gasteiger partial charge in [0.2, 0.25) is 0 Å². The quantitative estimate of drug-likeness (QED) is 0.686. The molecule has 0 fully saturated rings. The van der Waals surface area contributed by atoms with E-state index in [1.165, 1.54) is 4.70 Å². The van der Waals surface area contributed by atoms with Gasteiger partial charge in [-0.25, -0.2) is 4.98 Å². The van der Waals surface area contributed by atoms with Gasteiger partial charge in [-0.3, -0.25) is 0 Å². The molecule has 4 nitrogen and oxygen atoms in total. The van der Waals surface area contributed by atoms with E-state index < -0.39 is 0 Å². The fraction of sp³-hybridized carbons (Fsp3) is 0.389. The lowest BCUT2D eigenvalue weighted by Crippen LogP contribution is -2.22. The molecule has 0 amide bonds. The lowest BCUT2D eigenvalue weighted by molar-refractivity contribution is 0.163. The first kappa shape index (κ1) is 16.2.